The molecule has 1 aliphatic heterocycles. The predicted octanol–water partition coefficient (Wildman–Crippen LogP) is 3.99. The van der Waals surface area contributed by atoms with Gasteiger partial charge in [-0.15, -0.1) is 0 Å². The Kier molecular flexibility index (Phi) is 5.49. The van der Waals surface area contributed by atoms with E-state index in [1.807, 2.05) is 38.1 Å². The van der Waals surface area contributed by atoms with Crippen molar-refractivity contribution in [1.82, 2.24) is 0 Å². The summed E-state index contributed by atoms with van der Waals surface area (Å²) in [7, 11) is 0. The van der Waals surface area contributed by atoms with Crippen molar-refractivity contribution in [2.75, 3.05) is 9.80 Å². The third-order valence-electron chi connectivity index (χ3n) is 4.55. The molecule has 6 nitrogen and oxygen atoms in total. The highest BCUT2D eigenvalue weighted by molar-refractivity contribution is 6.29. The van der Waals surface area contributed by atoms with E-state index in [0.29, 0.717) is 11.4 Å². The Balaban J connectivity index is 1.98. The van der Waals surface area contributed by atoms with Crippen molar-refractivity contribution < 1.29 is 19.1 Å². The quantitative estimate of drug-likeness (QED) is 0.581. The van der Waals surface area contributed by atoms with Crippen LogP contribution in [0, 0.1) is 13.8 Å². The minimum absolute atomic E-state index is 0.195. The molecule has 1 fully saturated rings. The van der Waals surface area contributed by atoms with Gasteiger partial charge in [-0.25, -0.2) is 9.69 Å². The topological polar surface area (TPSA) is 66.9 Å². The van der Waals surface area contributed by atoms with Gasteiger partial charge in [0.2, 0.25) is 0 Å². The van der Waals surface area contributed by atoms with Gasteiger partial charge in [0.05, 0.1) is 18.2 Å². The lowest BCUT2D eigenvalue weighted by molar-refractivity contribution is -0.148. The summed E-state index contributed by atoms with van der Waals surface area (Å²) >= 11 is 0. The summed E-state index contributed by atoms with van der Waals surface area (Å²) in [4.78, 5) is 41.1. The van der Waals surface area contributed by atoms with E-state index < -0.39 is 23.9 Å². The summed E-state index contributed by atoms with van der Waals surface area (Å²) in [6, 6.07) is 13.0. The van der Waals surface area contributed by atoms with Crippen molar-refractivity contribution in [1.29, 1.82) is 0 Å². The number of nitrogens with zero attached hydrogens (tertiary/aromatic N) is 2. The molecule has 1 saturated heterocycles. The van der Waals surface area contributed by atoms with Crippen LogP contribution in [0.1, 0.15) is 31.4 Å². The summed E-state index contributed by atoms with van der Waals surface area (Å²) in [5.41, 5.74) is 3.11. The summed E-state index contributed by atoms with van der Waals surface area (Å²) in [6.07, 6.45) is -0.486. The molecule has 1 heterocycles. The van der Waals surface area contributed by atoms with Gasteiger partial charge < -0.3 is 4.74 Å². The molecule has 0 radical (unpaired) electrons. The molecule has 0 aromatic heterocycles. The van der Waals surface area contributed by atoms with Crippen LogP contribution in [-0.4, -0.2) is 30.1 Å². The number of anilines is 2. The Morgan fingerprint density at radius 2 is 1.43 bits per heavy atom. The number of benzene rings is 2. The Bertz CT molecular complexity index is 888. The standard InChI is InChI=1S/C22H24N2O4/c1-14(2)28-20(25)13-19-21(26)24(18-11-7-16(4)8-12-18)22(27)23(19)17-9-5-15(3)6-10-17/h5-12,14,19H,13H2,1-4H3. The van der Waals surface area contributed by atoms with Crippen LogP contribution in [0.2, 0.25) is 0 Å². The molecule has 1 unspecified atom stereocenters. The zero-order chi connectivity index (χ0) is 20.4. The zero-order valence-electron chi connectivity index (χ0n) is 16.5. The van der Waals surface area contributed by atoms with Gasteiger partial charge in [0.25, 0.3) is 5.91 Å². The SMILES string of the molecule is Cc1ccc(N2C(=O)C(CC(=O)OC(C)C)N(c3ccc(C)cc3)C2=O)cc1. The number of hydrogen-bond acceptors (Lipinski definition) is 4. The first-order chi connectivity index (χ1) is 13.3. The maximum absolute atomic E-state index is 13.2. The van der Waals surface area contributed by atoms with Crippen molar-refractivity contribution in [3.63, 3.8) is 0 Å². The number of imide groups is 1. The summed E-state index contributed by atoms with van der Waals surface area (Å²) in [6.45, 7) is 7.36. The molecule has 2 aromatic rings. The number of rotatable bonds is 5. The molecule has 2 aromatic carbocycles. The lowest BCUT2D eigenvalue weighted by Crippen LogP contribution is -2.37. The van der Waals surface area contributed by atoms with Crippen LogP contribution < -0.4 is 9.80 Å². The number of hydrogen-bond donors (Lipinski definition) is 0. The molecule has 1 aliphatic rings. The molecule has 1 atom stereocenters. The van der Waals surface area contributed by atoms with Gasteiger partial charge in [-0.1, -0.05) is 35.4 Å². The average Bonchev–Trinajstić information content (AvgIpc) is 2.86. The molecule has 3 rings (SSSR count). The first kappa shape index (κ1) is 19.6. The Morgan fingerprint density at radius 3 is 1.93 bits per heavy atom. The van der Waals surface area contributed by atoms with Gasteiger partial charge in [0.1, 0.15) is 6.04 Å². The zero-order valence-corrected chi connectivity index (χ0v) is 16.5. The normalized spacial score (nSPS) is 16.8. The van der Waals surface area contributed by atoms with Crippen LogP contribution in [0.15, 0.2) is 48.5 Å². The molecule has 28 heavy (non-hydrogen) atoms. The maximum atomic E-state index is 13.2. The third-order valence-corrected chi connectivity index (χ3v) is 4.55. The second kappa shape index (κ2) is 7.84. The van der Waals surface area contributed by atoms with Crippen LogP contribution in [0.25, 0.3) is 0 Å². The van der Waals surface area contributed by atoms with Crippen molar-refractivity contribution in [3.8, 4) is 0 Å². The Hall–Kier alpha value is -3.15. The van der Waals surface area contributed by atoms with E-state index in [4.69, 9.17) is 4.74 Å². The molecule has 0 N–H and O–H groups in total. The molecule has 0 aliphatic carbocycles. The number of ether oxygens (including phenoxy) is 1. The lowest BCUT2D eigenvalue weighted by atomic mass is 10.1. The van der Waals surface area contributed by atoms with Crippen LogP contribution in [0.5, 0.6) is 0 Å². The smallest absolute Gasteiger partial charge is 0.336 e. The van der Waals surface area contributed by atoms with Crippen LogP contribution >= 0.6 is 0 Å². The summed E-state index contributed by atoms with van der Waals surface area (Å²) in [5, 5.41) is 0. The summed E-state index contributed by atoms with van der Waals surface area (Å²) in [5.74, 6) is -0.945. The number of urea groups is 1. The molecule has 146 valence electrons. The minimum Gasteiger partial charge on any atom is -0.463 e. The molecular weight excluding hydrogens is 356 g/mol. The van der Waals surface area contributed by atoms with Crippen molar-refractivity contribution in [2.24, 2.45) is 0 Å². The number of esters is 1. The number of carbonyl (C=O) groups excluding carboxylic acids is 3. The van der Waals surface area contributed by atoms with E-state index in [2.05, 4.69) is 0 Å². The van der Waals surface area contributed by atoms with E-state index in [-0.39, 0.29) is 12.5 Å². The fraction of sp³-hybridized carbons (Fsp3) is 0.318. The van der Waals surface area contributed by atoms with Crippen LogP contribution in [0.4, 0.5) is 16.2 Å². The van der Waals surface area contributed by atoms with Crippen molar-refractivity contribution >= 4 is 29.3 Å². The average molecular weight is 380 g/mol. The highest BCUT2D eigenvalue weighted by atomic mass is 16.5. The van der Waals surface area contributed by atoms with Gasteiger partial charge in [0, 0.05) is 5.69 Å². The van der Waals surface area contributed by atoms with Crippen molar-refractivity contribution in [3.05, 3.63) is 59.7 Å². The lowest BCUT2D eigenvalue weighted by Gasteiger charge is -2.22. The Labute approximate surface area is 164 Å². The van der Waals surface area contributed by atoms with Gasteiger partial charge in [-0.05, 0) is 52.0 Å². The first-order valence-electron chi connectivity index (χ1n) is 9.28. The Morgan fingerprint density at radius 1 is 0.929 bits per heavy atom. The molecule has 0 saturated carbocycles. The molecular formula is C22H24N2O4. The first-order valence-corrected chi connectivity index (χ1v) is 9.28. The highest BCUT2D eigenvalue weighted by Gasteiger charge is 2.47. The van der Waals surface area contributed by atoms with E-state index in [9.17, 15) is 14.4 Å². The molecule has 3 amide bonds. The molecule has 0 spiro atoms. The minimum atomic E-state index is -0.942. The predicted molar refractivity (Wildman–Crippen MR) is 107 cm³/mol. The fourth-order valence-corrected chi connectivity index (χ4v) is 3.17. The summed E-state index contributed by atoms with van der Waals surface area (Å²) < 4.78 is 5.21. The second-order valence-electron chi connectivity index (χ2n) is 7.26. The van der Waals surface area contributed by atoms with Crippen molar-refractivity contribution in [2.45, 2.75) is 46.3 Å². The van der Waals surface area contributed by atoms with E-state index >= 15 is 0 Å². The highest BCUT2D eigenvalue weighted by Crippen LogP contribution is 2.32. The van der Waals surface area contributed by atoms with Gasteiger partial charge in [-0.3, -0.25) is 14.5 Å². The van der Waals surface area contributed by atoms with E-state index in [1.54, 1.807) is 38.1 Å². The fourth-order valence-electron chi connectivity index (χ4n) is 3.17. The largest absolute Gasteiger partial charge is 0.463 e. The van der Waals surface area contributed by atoms with Crippen LogP contribution in [-0.2, 0) is 14.3 Å². The van der Waals surface area contributed by atoms with E-state index in [0.717, 1.165) is 16.0 Å². The van der Waals surface area contributed by atoms with Gasteiger partial charge >= 0.3 is 12.0 Å². The second-order valence-corrected chi connectivity index (χ2v) is 7.26. The van der Waals surface area contributed by atoms with Gasteiger partial charge in [0.15, 0.2) is 0 Å². The van der Waals surface area contributed by atoms with Gasteiger partial charge in [-0.2, -0.15) is 0 Å². The van der Waals surface area contributed by atoms with Crippen LogP contribution in [0.3, 0.4) is 0 Å². The third kappa shape index (κ3) is 3.91. The monoisotopic (exact) mass is 380 g/mol. The number of aryl methyl sites for hydroxylation is 2. The molecule has 6 heteroatoms. The van der Waals surface area contributed by atoms with E-state index in [1.165, 1.54) is 4.90 Å². The molecule has 0 bridgehead atoms. The maximum Gasteiger partial charge on any atom is 0.336 e. The number of carbonyl (C=O) groups is 3. The number of amides is 3.